The Balaban J connectivity index is 1.54. The summed E-state index contributed by atoms with van der Waals surface area (Å²) in [5.41, 5.74) is 2.55. The SMILES string of the molecule is COC(=O)c1cccc(C#Cc2cccc(NC(=O)NCCCn3ccnc3)c2)c1. The molecule has 152 valence electrons. The number of carbonyl (C=O) groups excluding carboxylic acids is 2. The summed E-state index contributed by atoms with van der Waals surface area (Å²) in [4.78, 5) is 27.7. The fourth-order valence-electron chi connectivity index (χ4n) is 2.72. The smallest absolute Gasteiger partial charge is 0.337 e. The summed E-state index contributed by atoms with van der Waals surface area (Å²) in [6.07, 6.45) is 6.17. The minimum atomic E-state index is -0.402. The molecule has 0 radical (unpaired) electrons. The van der Waals surface area contributed by atoms with Gasteiger partial charge in [0, 0.05) is 42.3 Å². The molecule has 0 aliphatic heterocycles. The number of urea groups is 1. The molecule has 0 aliphatic rings. The van der Waals surface area contributed by atoms with Gasteiger partial charge in [-0.25, -0.2) is 14.6 Å². The largest absolute Gasteiger partial charge is 0.465 e. The molecular weight excluding hydrogens is 380 g/mol. The molecule has 30 heavy (non-hydrogen) atoms. The van der Waals surface area contributed by atoms with Crippen LogP contribution in [0.3, 0.4) is 0 Å². The summed E-state index contributed by atoms with van der Waals surface area (Å²) in [5, 5.41) is 5.64. The first-order valence-electron chi connectivity index (χ1n) is 9.45. The second-order valence-corrected chi connectivity index (χ2v) is 6.44. The maximum atomic E-state index is 12.1. The van der Waals surface area contributed by atoms with Crippen molar-refractivity contribution in [3.05, 3.63) is 83.9 Å². The molecule has 7 nitrogen and oxygen atoms in total. The van der Waals surface area contributed by atoms with Gasteiger partial charge in [-0.2, -0.15) is 0 Å². The van der Waals surface area contributed by atoms with Gasteiger partial charge in [-0.3, -0.25) is 0 Å². The van der Waals surface area contributed by atoms with Crippen LogP contribution in [-0.4, -0.2) is 35.2 Å². The van der Waals surface area contributed by atoms with Crippen LogP contribution >= 0.6 is 0 Å². The maximum Gasteiger partial charge on any atom is 0.337 e. The van der Waals surface area contributed by atoms with E-state index < -0.39 is 5.97 Å². The molecule has 0 fully saturated rings. The first-order valence-corrected chi connectivity index (χ1v) is 9.45. The second kappa shape index (κ2) is 10.5. The van der Waals surface area contributed by atoms with E-state index in [1.807, 2.05) is 29.0 Å². The van der Waals surface area contributed by atoms with Crippen molar-refractivity contribution in [2.24, 2.45) is 0 Å². The number of ether oxygens (including phenoxy) is 1. The lowest BCUT2D eigenvalue weighted by Gasteiger charge is -2.08. The van der Waals surface area contributed by atoms with Gasteiger partial charge in [0.05, 0.1) is 19.0 Å². The molecule has 3 rings (SSSR count). The molecule has 0 saturated heterocycles. The molecule has 0 unspecified atom stereocenters. The number of rotatable bonds is 6. The molecule has 0 aliphatic carbocycles. The van der Waals surface area contributed by atoms with Crippen molar-refractivity contribution in [1.82, 2.24) is 14.9 Å². The van der Waals surface area contributed by atoms with Gasteiger partial charge in [-0.1, -0.05) is 24.0 Å². The molecule has 0 saturated carbocycles. The number of esters is 1. The fourth-order valence-corrected chi connectivity index (χ4v) is 2.72. The summed E-state index contributed by atoms with van der Waals surface area (Å²) in [6.45, 7) is 1.35. The number of hydrogen-bond acceptors (Lipinski definition) is 4. The lowest BCUT2D eigenvalue weighted by atomic mass is 10.1. The van der Waals surface area contributed by atoms with Gasteiger partial charge in [0.25, 0.3) is 0 Å². The molecule has 7 heteroatoms. The van der Waals surface area contributed by atoms with E-state index in [9.17, 15) is 9.59 Å². The first kappa shape index (κ1) is 20.7. The third-order valence-corrected chi connectivity index (χ3v) is 4.19. The van der Waals surface area contributed by atoms with E-state index in [0.29, 0.717) is 23.4 Å². The predicted octanol–water partition coefficient (Wildman–Crippen LogP) is 3.28. The van der Waals surface area contributed by atoms with Gasteiger partial charge in [0.2, 0.25) is 0 Å². The summed E-state index contributed by atoms with van der Waals surface area (Å²) < 4.78 is 6.68. The van der Waals surface area contributed by atoms with Crippen LogP contribution < -0.4 is 10.6 Å². The van der Waals surface area contributed by atoms with Gasteiger partial charge in [0.15, 0.2) is 0 Å². The Morgan fingerprint density at radius 1 is 1.10 bits per heavy atom. The number of imidazole rings is 1. The van der Waals surface area contributed by atoms with E-state index >= 15 is 0 Å². The zero-order valence-corrected chi connectivity index (χ0v) is 16.6. The Morgan fingerprint density at radius 2 is 1.87 bits per heavy atom. The highest BCUT2D eigenvalue weighted by Gasteiger charge is 2.04. The Bertz CT molecular complexity index is 1070. The molecule has 3 aromatic rings. The quantitative estimate of drug-likeness (QED) is 0.376. The van der Waals surface area contributed by atoms with Crippen molar-refractivity contribution >= 4 is 17.7 Å². The zero-order valence-electron chi connectivity index (χ0n) is 16.6. The third kappa shape index (κ3) is 6.24. The van der Waals surface area contributed by atoms with Crippen LogP contribution in [0.1, 0.15) is 27.9 Å². The lowest BCUT2D eigenvalue weighted by Crippen LogP contribution is -2.30. The molecule has 2 amide bonds. The van der Waals surface area contributed by atoms with Crippen LogP contribution in [0.5, 0.6) is 0 Å². The van der Waals surface area contributed by atoms with Gasteiger partial charge >= 0.3 is 12.0 Å². The van der Waals surface area contributed by atoms with Gasteiger partial charge in [0.1, 0.15) is 0 Å². The Morgan fingerprint density at radius 3 is 2.60 bits per heavy atom. The number of carbonyl (C=O) groups is 2. The molecular formula is C23H22N4O3. The van der Waals surface area contributed by atoms with Gasteiger partial charge in [-0.15, -0.1) is 0 Å². The molecule has 1 aromatic heterocycles. The van der Waals surface area contributed by atoms with Crippen LogP contribution in [0.4, 0.5) is 10.5 Å². The Kier molecular flexibility index (Phi) is 7.23. The maximum absolute atomic E-state index is 12.1. The van der Waals surface area contributed by atoms with Crippen molar-refractivity contribution in [3.63, 3.8) is 0 Å². The Hall–Kier alpha value is -4.05. The number of methoxy groups -OCH3 is 1. The van der Waals surface area contributed by atoms with Crippen molar-refractivity contribution in [2.45, 2.75) is 13.0 Å². The predicted molar refractivity (Wildman–Crippen MR) is 114 cm³/mol. The summed E-state index contributed by atoms with van der Waals surface area (Å²) in [6, 6.07) is 13.9. The number of anilines is 1. The monoisotopic (exact) mass is 402 g/mol. The average molecular weight is 402 g/mol. The first-order chi connectivity index (χ1) is 14.6. The van der Waals surface area contributed by atoms with Crippen molar-refractivity contribution in [2.75, 3.05) is 19.0 Å². The minimum absolute atomic E-state index is 0.267. The number of nitrogens with zero attached hydrogens (tertiary/aromatic N) is 2. The summed E-state index contributed by atoms with van der Waals surface area (Å²) >= 11 is 0. The normalized spacial score (nSPS) is 9.90. The number of benzene rings is 2. The summed E-state index contributed by atoms with van der Waals surface area (Å²) in [5.74, 6) is 5.66. The van der Waals surface area contributed by atoms with E-state index in [1.54, 1.807) is 42.9 Å². The van der Waals surface area contributed by atoms with Crippen LogP contribution in [-0.2, 0) is 11.3 Å². The van der Waals surface area contributed by atoms with Crippen molar-refractivity contribution in [3.8, 4) is 11.8 Å². The molecule has 0 atom stereocenters. The Labute approximate surface area is 175 Å². The minimum Gasteiger partial charge on any atom is -0.465 e. The number of aryl methyl sites for hydroxylation is 1. The van der Waals surface area contributed by atoms with Crippen LogP contribution in [0.2, 0.25) is 0 Å². The van der Waals surface area contributed by atoms with Crippen molar-refractivity contribution in [1.29, 1.82) is 0 Å². The van der Waals surface area contributed by atoms with Crippen LogP contribution in [0, 0.1) is 11.8 Å². The zero-order chi connectivity index (χ0) is 21.2. The highest BCUT2D eigenvalue weighted by molar-refractivity contribution is 5.90. The van der Waals surface area contributed by atoms with E-state index in [4.69, 9.17) is 4.74 Å². The van der Waals surface area contributed by atoms with Crippen molar-refractivity contribution < 1.29 is 14.3 Å². The van der Waals surface area contributed by atoms with Gasteiger partial charge in [-0.05, 0) is 42.8 Å². The lowest BCUT2D eigenvalue weighted by molar-refractivity contribution is 0.0600. The van der Waals surface area contributed by atoms with E-state index in [0.717, 1.165) is 18.5 Å². The summed E-state index contributed by atoms with van der Waals surface area (Å²) in [7, 11) is 1.34. The second-order valence-electron chi connectivity index (χ2n) is 6.44. The molecule has 1 heterocycles. The number of nitrogens with one attached hydrogen (secondary N) is 2. The van der Waals surface area contributed by atoms with E-state index in [1.165, 1.54) is 7.11 Å². The topological polar surface area (TPSA) is 85.2 Å². The number of hydrogen-bond donors (Lipinski definition) is 2. The van der Waals surface area contributed by atoms with Crippen LogP contribution in [0.25, 0.3) is 0 Å². The average Bonchev–Trinajstić information content (AvgIpc) is 3.29. The van der Waals surface area contributed by atoms with E-state index in [2.05, 4.69) is 27.5 Å². The van der Waals surface area contributed by atoms with Crippen LogP contribution in [0.15, 0.2) is 67.3 Å². The standard InChI is InChI=1S/C23H22N4O3/c1-30-22(28)20-7-2-5-18(15-20)9-10-19-6-3-8-21(16-19)26-23(29)25-11-4-13-27-14-12-24-17-27/h2-3,5-8,12,14-17H,4,11,13H2,1H3,(H2,25,26,29). The highest BCUT2D eigenvalue weighted by atomic mass is 16.5. The van der Waals surface area contributed by atoms with E-state index in [-0.39, 0.29) is 6.03 Å². The molecule has 0 spiro atoms. The molecule has 2 aromatic carbocycles. The number of aromatic nitrogens is 2. The fraction of sp³-hybridized carbons (Fsp3) is 0.174. The molecule has 2 N–H and O–H groups in total. The van der Waals surface area contributed by atoms with Gasteiger partial charge < -0.3 is 19.9 Å². The highest BCUT2D eigenvalue weighted by Crippen LogP contribution is 2.11. The number of amides is 2. The third-order valence-electron chi connectivity index (χ3n) is 4.19. The molecule has 0 bridgehead atoms.